The maximum Gasteiger partial charge on any atom is 0.239 e. The van der Waals surface area contributed by atoms with Gasteiger partial charge in [0.1, 0.15) is 0 Å². The molecular formula is C14H17Cl2N3O2. The van der Waals surface area contributed by atoms with Gasteiger partial charge in [0.25, 0.3) is 0 Å². The average Bonchev–Trinajstić information content (AvgIpc) is 2.44. The number of benzene rings is 1. The topological polar surface area (TPSA) is 61.4 Å². The molecule has 0 unspecified atom stereocenters. The van der Waals surface area contributed by atoms with Gasteiger partial charge in [0.15, 0.2) is 0 Å². The lowest BCUT2D eigenvalue weighted by Gasteiger charge is -2.27. The molecule has 0 radical (unpaired) electrons. The van der Waals surface area contributed by atoms with Crippen LogP contribution in [0.3, 0.4) is 0 Å². The molecule has 2 rings (SSSR count). The van der Waals surface area contributed by atoms with Crippen LogP contribution in [0.5, 0.6) is 0 Å². The van der Waals surface area contributed by atoms with Crippen molar-refractivity contribution in [2.75, 3.05) is 26.2 Å². The maximum atomic E-state index is 12.0. The number of hydrogen-bond acceptors (Lipinski definition) is 3. The van der Waals surface area contributed by atoms with Crippen LogP contribution in [0, 0.1) is 0 Å². The molecule has 0 aromatic heterocycles. The van der Waals surface area contributed by atoms with E-state index in [-0.39, 0.29) is 30.9 Å². The maximum absolute atomic E-state index is 12.0. The number of rotatable bonds is 4. The first-order chi connectivity index (χ1) is 9.97. The lowest BCUT2D eigenvalue weighted by atomic mass is 10.1. The molecule has 1 aliphatic rings. The first-order valence-electron chi connectivity index (χ1n) is 6.70. The van der Waals surface area contributed by atoms with Gasteiger partial charge in [-0.3, -0.25) is 9.59 Å². The average molecular weight is 330 g/mol. The Morgan fingerprint density at radius 1 is 1.48 bits per heavy atom. The van der Waals surface area contributed by atoms with E-state index >= 15 is 0 Å². The van der Waals surface area contributed by atoms with Crippen LogP contribution in [-0.4, -0.2) is 42.9 Å². The Labute approximate surface area is 133 Å². The molecule has 7 heteroatoms. The van der Waals surface area contributed by atoms with Crippen molar-refractivity contribution in [3.8, 4) is 0 Å². The number of carbonyl (C=O) groups excluding carboxylic acids is 2. The molecule has 0 aliphatic carbocycles. The highest BCUT2D eigenvalue weighted by molar-refractivity contribution is 6.35. The molecule has 2 amide bonds. The SMILES string of the molecule is C[C@H](NCC(=O)N1CCNC(=O)C1)c1ccc(Cl)cc1Cl. The van der Waals surface area contributed by atoms with Gasteiger partial charge >= 0.3 is 0 Å². The Kier molecular flexibility index (Phi) is 5.45. The zero-order chi connectivity index (χ0) is 15.4. The molecule has 1 heterocycles. The highest BCUT2D eigenvalue weighted by atomic mass is 35.5. The predicted molar refractivity (Wildman–Crippen MR) is 82.5 cm³/mol. The summed E-state index contributed by atoms with van der Waals surface area (Å²) < 4.78 is 0. The van der Waals surface area contributed by atoms with Gasteiger partial charge in [-0.15, -0.1) is 0 Å². The van der Waals surface area contributed by atoms with E-state index in [2.05, 4.69) is 10.6 Å². The van der Waals surface area contributed by atoms with Crippen molar-refractivity contribution in [2.24, 2.45) is 0 Å². The summed E-state index contributed by atoms with van der Waals surface area (Å²) in [5.74, 6) is -0.217. The molecule has 21 heavy (non-hydrogen) atoms. The molecule has 114 valence electrons. The molecule has 5 nitrogen and oxygen atoms in total. The highest BCUT2D eigenvalue weighted by Crippen LogP contribution is 2.25. The van der Waals surface area contributed by atoms with Crippen molar-refractivity contribution in [3.05, 3.63) is 33.8 Å². The number of halogens is 2. The zero-order valence-corrected chi connectivity index (χ0v) is 13.2. The Bertz CT molecular complexity index is 551. The Balaban J connectivity index is 1.89. The molecule has 0 spiro atoms. The van der Waals surface area contributed by atoms with Crippen molar-refractivity contribution < 1.29 is 9.59 Å². The molecule has 1 aliphatic heterocycles. The van der Waals surface area contributed by atoms with Crippen LogP contribution in [-0.2, 0) is 9.59 Å². The molecule has 1 saturated heterocycles. The normalized spacial score (nSPS) is 16.5. The van der Waals surface area contributed by atoms with Crippen LogP contribution >= 0.6 is 23.2 Å². The number of nitrogens with one attached hydrogen (secondary N) is 2. The minimum Gasteiger partial charge on any atom is -0.353 e. The van der Waals surface area contributed by atoms with E-state index in [4.69, 9.17) is 23.2 Å². The predicted octanol–water partition coefficient (Wildman–Crippen LogP) is 1.60. The summed E-state index contributed by atoms with van der Waals surface area (Å²) in [7, 11) is 0. The number of amides is 2. The third-order valence-corrected chi connectivity index (χ3v) is 3.94. The van der Waals surface area contributed by atoms with Crippen LogP contribution < -0.4 is 10.6 Å². The summed E-state index contributed by atoms with van der Waals surface area (Å²) in [6.45, 7) is 3.25. The van der Waals surface area contributed by atoms with Crippen LogP contribution in [0.25, 0.3) is 0 Å². The second-order valence-corrected chi connectivity index (χ2v) is 5.78. The minimum atomic E-state index is -0.122. The van der Waals surface area contributed by atoms with Crippen molar-refractivity contribution in [1.82, 2.24) is 15.5 Å². The van der Waals surface area contributed by atoms with Crippen LogP contribution in [0.2, 0.25) is 10.0 Å². The van der Waals surface area contributed by atoms with E-state index in [9.17, 15) is 9.59 Å². The monoisotopic (exact) mass is 329 g/mol. The van der Waals surface area contributed by atoms with Gasteiger partial charge < -0.3 is 15.5 Å². The van der Waals surface area contributed by atoms with Crippen LogP contribution in [0.1, 0.15) is 18.5 Å². The largest absolute Gasteiger partial charge is 0.353 e. The first-order valence-corrected chi connectivity index (χ1v) is 7.46. The van der Waals surface area contributed by atoms with Gasteiger partial charge in [-0.1, -0.05) is 29.3 Å². The van der Waals surface area contributed by atoms with E-state index in [1.165, 1.54) is 0 Å². The molecule has 1 atom stereocenters. The molecule has 1 fully saturated rings. The minimum absolute atomic E-state index is 0.0858. The van der Waals surface area contributed by atoms with Crippen LogP contribution in [0.15, 0.2) is 18.2 Å². The number of hydrogen-bond donors (Lipinski definition) is 2. The molecule has 0 bridgehead atoms. The van der Waals surface area contributed by atoms with E-state index in [1.807, 2.05) is 13.0 Å². The van der Waals surface area contributed by atoms with E-state index in [0.717, 1.165) is 5.56 Å². The number of nitrogens with zero attached hydrogens (tertiary/aromatic N) is 1. The Morgan fingerprint density at radius 3 is 2.90 bits per heavy atom. The zero-order valence-electron chi connectivity index (χ0n) is 11.7. The Hall–Kier alpha value is -1.30. The van der Waals surface area contributed by atoms with E-state index in [1.54, 1.807) is 17.0 Å². The van der Waals surface area contributed by atoms with Crippen molar-refractivity contribution in [1.29, 1.82) is 0 Å². The van der Waals surface area contributed by atoms with Crippen molar-refractivity contribution in [3.63, 3.8) is 0 Å². The van der Waals surface area contributed by atoms with E-state index in [0.29, 0.717) is 23.1 Å². The van der Waals surface area contributed by atoms with Crippen LogP contribution in [0.4, 0.5) is 0 Å². The third-order valence-electron chi connectivity index (χ3n) is 3.38. The summed E-state index contributed by atoms with van der Waals surface area (Å²) in [6.07, 6.45) is 0. The Morgan fingerprint density at radius 2 is 2.24 bits per heavy atom. The summed E-state index contributed by atoms with van der Waals surface area (Å²) in [5, 5.41) is 6.95. The molecule has 1 aromatic carbocycles. The number of carbonyl (C=O) groups is 2. The smallest absolute Gasteiger partial charge is 0.239 e. The molecule has 2 N–H and O–H groups in total. The van der Waals surface area contributed by atoms with Crippen molar-refractivity contribution in [2.45, 2.75) is 13.0 Å². The summed E-state index contributed by atoms with van der Waals surface area (Å²) >= 11 is 12.0. The highest BCUT2D eigenvalue weighted by Gasteiger charge is 2.21. The second-order valence-electron chi connectivity index (χ2n) is 4.93. The van der Waals surface area contributed by atoms with E-state index < -0.39 is 0 Å². The summed E-state index contributed by atoms with van der Waals surface area (Å²) in [5.41, 5.74) is 0.880. The molecular weight excluding hydrogens is 313 g/mol. The summed E-state index contributed by atoms with van der Waals surface area (Å²) in [4.78, 5) is 24.9. The van der Waals surface area contributed by atoms with Crippen molar-refractivity contribution >= 4 is 35.0 Å². The first kappa shape index (κ1) is 16.1. The fourth-order valence-electron chi connectivity index (χ4n) is 2.17. The van der Waals surface area contributed by atoms with Gasteiger partial charge in [-0.2, -0.15) is 0 Å². The van der Waals surface area contributed by atoms with Gasteiger partial charge in [0.05, 0.1) is 13.1 Å². The van der Waals surface area contributed by atoms with Gasteiger partial charge in [-0.05, 0) is 24.6 Å². The lowest BCUT2D eigenvalue weighted by molar-refractivity contribution is -0.137. The number of piperazine rings is 1. The molecule has 1 aromatic rings. The van der Waals surface area contributed by atoms with Gasteiger partial charge in [0.2, 0.25) is 11.8 Å². The fourth-order valence-corrected chi connectivity index (χ4v) is 2.74. The standard InChI is InChI=1S/C14H17Cl2N3O2/c1-9(11-3-2-10(15)6-12(11)16)18-7-14(21)19-5-4-17-13(20)8-19/h2-3,6,9,18H,4-5,7-8H2,1H3,(H,17,20)/t9-/m0/s1. The lowest BCUT2D eigenvalue weighted by Crippen LogP contribution is -2.52. The molecule has 0 saturated carbocycles. The quantitative estimate of drug-likeness (QED) is 0.882. The third kappa shape index (κ3) is 4.33. The fraction of sp³-hybridized carbons (Fsp3) is 0.429. The summed E-state index contributed by atoms with van der Waals surface area (Å²) in [6, 6.07) is 5.18. The van der Waals surface area contributed by atoms with Gasteiger partial charge in [-0.25, -0.2) is 0 Å². The van der Waals surface area contributed by atoms with Gasteiger partial charge in [0, 0.05) is 29.2 Å². The second kappa shape index (κ2) is 7.11.